The van der Waals surface area contributed by atoms with Gasteiger partial charge in [-0.2, -0.15) is 0 Å². The second-order valence-electron chi connectivity index (χ2n) is 7.89. The largest absolute Gasteiger partial charge is 0.351 e. The zero-order chi connectivity index (χ0) is 22.1. The summed E-state index contributed by atoms with van der Waals surface area (Å²) in [6, 6.07) is 14.3. The number of hydrogen-bond donors (Lipinski definition) is 2. The summed E-state index contributed by atoms with van der Waals surface area (Å²) in [5, 5.41) is 7.73. The maximum Gasteiger partial charge on any atom is 0.258 e. The minimum absolute atomic E-state index is 0.00860. The number of carbonyl (C=O) groups excluding carboxylic acids is 2. The van der Waals surface area contributed by atoms with Crippen LogP contribution in [0, 0.1) is 0 Å². The number of carbonyl (C=O) groups is 2. The smallest absolute Gasteiger partial charge is 0.258 e. The number of anilines is 1. The van der Waals surface area contributed by atoms with Crippen LogP contribution in [0.5, 0.6) is 0 Å². The van der Waals surface area contributed by atoms with Gasteiger partial charge in [0.25, 0.3) is 5.56 Å². The molecule has 3 atom stereocenters. The highest BCUT2D eigenvalue weighted by atomic mass is 35.5. The molecule has 4 rings (SSSR count). The van der Waals surface area contributed by atoms with Gasteiger partial charge in [0.15, 0.2) is 0 Å². The normalized spacial score (nSPS) is 18.4. The van der Waals surface area contributed by atoms with Crippen LogP contribution in [0.4, 0.5) is 5.69 Å². The Morgan fingerprint density at radius 1 is 1.13 bits per heavy atom. The molecule has 6 nitrogen and oxygen atoms in total. The number of rotatable bonds is 6. The molecule has 2 N–H and O–H groups in total. The highest BCUT2D eigenvalue weighted by molar-refractivity contribution is 6.30. The molecule has 0 saturated heterocycles. The van der Waals surface area contributed by atoms with Gasteiger partial charge in [0.2, 0.25) is 11.8 Å². The van der Waals surface area contributed by atoms with Gasteiger partial charge in [0.05, 0.1) is 18.0 Å². The van der Waals surface area contributed by atoms with Crippen LogP contribution < -0.4 is 16.2 Å². The predicted molar refractivity (Wildman–Crippen MR) is 123 cm³/mol. The van der Waals surface area contributed by atoms with Crippen LogP contribution in [0.1, 0.15) is 44.2 Å². The molecule has 0 radical (unpaired) electrons. The molecule has 2 amide bonds. The molecule has 3 unspecified atom stereocenters. The van der Waals surface area contributed by atoms with E-state index in [0.717, 1.165) is 12.0 Å². The van der Waals surface area contributed by atoms with E-state index >= 15 is 0 Å². The van der Waals surface area contributed by atoms with Gasteiger partial charge in [0, 0.05) is 34.1 Å². The topological polar surface area (TPSA) is 80.2 Å². The minimum atomic E-state index is -0.373. The summed E-state index contributed by atoms with van der Waals surface area (Å²) < 4.78 is 1.67. The van der Waals surface area contributed by atoms with Crippen molar-refractivity contribution < 1.29 is 9.59 Å². The Morgan fingerprint density at radius 2 is 1.87 bits per heavy atom. The molecule has 0 aliphatic heterocycles. The van der Waals surface area contributed by atoms with Crippen LogP contribution in [0.25, 0.3) is 10.8 Å². The van der Waals surface area contributed by atoms with Gasteiger partial charge in [-0.1, -0.05) is 36.7 Å². The average molecular weight is 438 g/mol. The number of hydrogen-bond acceptors (Lipinski definition) is 3. The van der Waals surface area contributed by atoms with Crippen LogP contribution in [0.3, 0.4) is 0 Å². The fraction of sp³-hybridized carbons (Fsp3) is 0.292. The highest BCUT2D eigenvalue weighted by Gasteiger charge is 2.40. The zero-order valence-corrected chi connectivity index (χ0v) is 18.1. The number of halogens is 1. The van der Waals surface area contributed by atoms with Crippen molar-refractivity contribution in [2.75, 3.05) is 5.32 Å². The summed E-state index contributed by atoms with van der Waals surface area (Å²) in [4.78, 5) is 37.5. The number of benzene rings is 2. The molecule has 160 valence electrons. The van der Waals surface area contributed by atoms with Crippen molar-refractivity contribution in [3.8, 4) is 0 Å². The quantitative estimate of drug-likeness (QED) is 0.605. The molecule has 0 spiro atoms. The lowest BCUT2D eigenvalue weighted by Crippen LogP contribution is -2.28. The molecule has 1 heterocycles. The zero-order valence-electron chi connectivity index (χ0n) is 17.4. The number of amides is 2. The number of fused-ring (bicyclic) bond motifs is 1. The predicted octanol–water partition coefficient (Wildman–Crippen LogP) is 4.24. The van der Waals surface area contributed by atoms with Gasteiger partial charge in [-0.25, -0.2) is 0 Å². The number of aromatic nitrogens is 1. The Balaban J connectivity index is 1.57. The third kappa shape index (κ3) is 4.35. The monoisotopic (exact) mass is 437 g/mol. The van der Waals surface area contributed by atoms with Gasteiger partial charge in [-0.05, 0) is 49.2 Å². The molecule has 1 aliphatic rings. The SMILES string of the molecule is CCC(=O)NC1CC1n1ccc2c(NC(=O)C(C)c3ccc(Cl)cc3)cccc2c1=O. The van der Waals surface area contributed by atoms with Gasteiger partial charge in [-0.15, -0.1) is 0 Å². The average Bonchev–Trinajstić information content (AvgIpc) is 3.53. The van der Waals surface area contributed by atoms with Crippen LogP contribution >= 0.6 is 11.6 Å². The maximum atomic E-state index is 13.1. The molecule has 7 heteroatoms. The second-order valence-corrected chi connectivity index (χ2v) is 8.32. The van der Waals surface area contributed by atoms with Crippen molar-refractivity contribution in [3.63, 3.8) is 0 Å². The molecular formula is C24H24ClN3O3. The fourth-order valence-electron chi connectivity index (χ4n) is 3.76. The van der Waals surface area contributed by atoms with E-state index in [-0.39, 0.29) is 35.4 Å². The van der Waals surface area contributed by atoms with E-state index in [1.807, 2.05) is 25.1 Å². The molecule has 1 aliphatic carbocycles. The first kappa shape index (κ1) is 21.1. The molecule has 1 saturated carbocycles. The Hall–Kier alpha value is -3.12. The Bertz CT molecular complexity index is 1200. The highest BCUT2D eigenvalue weighted by Crippen LogP contribution is 2.35. The van der Waals surface area contributed by atoms with E-state index in [2.05, 4.69) is 10.6 Å². The lowest BCUT2D eigenvalue weighted by Gasteiger charge is -2.15. The minimum Gasteiger partial charge on any atom is -0.351 e. The van der Waals surface area contributed by atoms with E-state index in [1.54, 1.807) is 48.0 Å². The van der Waals surface area contributed by atoms with Crippen molar-refractivity contribution >= 4 is 39.9 Å². The molecule has 3 aromatic rings. The molecule has 0 bridgehead atoms. The molecule has 31 heavy (non-hydrogen) atoms. The van der Waals surface area contributed by atoms with Crippen molar-refractivity contribution in [1.29, 1.82) is 0 Å². The van der Waals surface area contributed by atoms with E-state index in [1.165, 1.54) is 0 Å². The van der Waals surface area contributed by atoms with Gasteiger partial charge >= 0.3 is 0 Å². The van der Waals surface area contributed by atoms with Gasteiger partial charge < -0.3 is 15.2 Å². The summed E-state index contributed by atoms with van der Waals surface area (Å²) in [5.74, 6) is -0.549. The Labute approximate surface area is 185 Å². The Morgan fingerprint density at radius 3 is 2.58 bits per heavy atom. The second kappa shape index (κ2) is 8.55. The lowest BCUT2D eigenvalue weighted by molar-refractivity contribution is -0.121. The van der Waals surface area contributed by atoms with E-state index in [4.69, 9.17) is 11.6 Å². The van der Waals surface area contributed by atoms with Crippen LogP contribution in [0.2, 0.25) is 5.02 Å². The first-order valence-corrected chi connectivity index (χ1v) is 10.8. The van der Waals surface area contributed by atoms with E-state index < -0.39 is 0 Å². The molecule has 1 fully saturated rings. The van der Waals surface area contributed by atoms with E-state index in [0.29, 0.717) is 27.9 Å². The summed E-state index contributed by atoms with van der Waals surface area (Å²) in [6.07, 6.45) is 2.91. The molecule has 2 aromatic carbocycles. The van der Waals surface area contributed by atoms with Crippen LogP contribution in [-0.2, 0) is 9.59 Å². The van der Waals surface area contributed by atoms with Crippen LogP contribution in [0.15, 0.2) is 59.5 Å². The van der Waals surface area contributed by atoms with Gasteiger partial charge in [0.1, 0.15) is 0 Å². The summed E-state index contributed by atoms with van der Waals surface area (Å²) >= 11 is 5.93. The summed E-state index contributed by atoms with van der Waals surface area (Å²) in [7, 11) is 0. The number of nitrogens with one attached hydrogen (secondary N) is 2. The van der Waals surface area contributed by atoms with Crippen molar-refractivity contribution in [2.45, 2.75) is 44.7 Å². The number of pyridine rings is 1. The van der Waals surface area contributed by atoms with Crippen molar-refractivity contribution in [1.82, 2.24) is 9.88 Å². The molecular weight excluding hydrogens is 414 g/mol. The number of nitrogens with zero attached hydrogens (tertiary/aromatic N) is 1. The first-order chi connectivity index (χ1) is 14.9. The fourth-order valence-corrected chi connectivity index (χ4v) is 3.89. The standard InChI is InChI=1S/C24H24ClN3O3/c1-3-22(29)26-20-13-21(20)28-12-11-17-18(24(28)31)5-4-6-19(17)27-23(30)14(2)15-7-9-16(25)10-8-15/h4-12,14,20-21H,3,13H2,1-2H3,(H,26,29)(H,27,30). The maximum absolute atomic E-state index is 13.1. The summed E-state index contributed by atoms with van der Waals surface area (Å²) in [6.45, 7) is 3.63. The van der Waals surface area contributed by atoms with Crippen molar-refractivity contribution in [3.05, 3.63) is 75.7 Å². The first-order valence-electron chi connectivity index (χ1n) is 10.4. The lowest BCUT2D eigenvalue weighted by atomic mass is 10.00. The third-order valence-corrected chi connectivity index (χ3v) is 6.03. The Kier molecular flexibility index (Phi) is 5.83. The van der Waals surface area contributed by atoms with E-state index in [9.17, 15) is 14.4 Å². The van der Waals surface area contributed by atoms with Crippen molar-refractivity contribution in [2.24, 2.45) is 0 Å². The van der Waals surface area contributed by atoms with Gasteiger partial charge in [-0.3, -0.25) is 14.4 Å². The third-order valence-electron chi connectivity index (χ3n) is 5.78. The van der Waals surface area contributed by atoms with Crippen LogP contribution in [-0.4, -0.2) is 22.4 Å². The summed E-state index contributed by atoms with van der Waals surface area (Å²) in [5.41, 5.74) is 1.33. The molecule has 1 aromatic heterocycles.